The van der Waals surface area contributed by atoms with Gasteiger partial charge in [-0.15, -0.1) is 0 Å². The zero-order chi connectivity index (χ0) is 13.8. The van der Waals surface area contributed by atoms with Crippen molar-refractivity contribution in [3.63, 3.8) is 0 Å². The Balaban J connectivity index is 2.17. The molecule has 2 heterocycles. The van der Waals surface area contributed by atoms with Gasteiger partial charge in [-0.05, 0) is 12.1 Å². The van der Waals surface area contributed by atoms with E-state index < -0.39 is 5.97 Å². The highest BCUT2D eigenvalue weighted by Gasteiger charge is 2.30. The Kier molecular flexibility index (Phi) is 4.66. The van der Waals surface area contributed by atoms with Gasteiger partial charge in [0.25, 0.3) is 5.91 Å². The minimum atomic E-state index is -0.899. The predicted octanol–water partition coefficient (Wildman–Crippen LogP) is 1.77. The number of hydrogen-bond donors (Lipinski definition) is 1. The highest BCUT2D eigenvalue weighted by molar-refractivity contribution is 7.99. The van der Waals surface area contributed by atoms with E-state index >= 15 is 0 Å². The minimum absolute atomic E-state index is 0.0424. The molecule has 1 amide bonds. The standard InChI is InChI=1S/C12H13ClN2O3S/c13-10-3-1-2-9(14-10)12(18)15-4-5-19-7-8(15)6-11(16)17/h1-3,8H,4-7H2,(H,16,17). The molecule has 1 aromatic rings. The first kappa shape index (κ1) is 14.1. The lowest BCUT2D eigenvalue weighted by Gasteiger charge is -2.34. The van der Waals surface area contributed by atoms with Crippen molar-refractivity contribution in [2.45, 2.75) is 12.5 Å². The summed E-state index contributed by atoms with van der Waals surface area (Å²) in [6.07, 6.45) is -0.0424. The molecule has 0 radical (unpaired) electrons. The third-order valence-corrected chi connectivity index (χ3v) is 4.14. The fourth-order valence-electron chi connectivity index (χ4n) is 1.97. The van der Waals surface area contributed by atoms with Crippen LogP contribution in [0.3, 0.4) is 0 Å². The van der Waals surface area contributed by atoms with Gasteiger partial charge >= 0.3 is 5.97 Å². The Bertz CT molecular complexity index is 498. The maximum atomic E-state index is 12.3. The maximum absolute atomic E-state index is 12.3. The number of halogens is 1. The zero-order valence-electron chi connectivity index (χ0n) is 10.1. The first-order valence-electron chi connectivity index (χ1n) is 5.81. The van der Waals surface area contributed by atoms with Gasteiger partial charge < -0.3 is 10.0 Å². The number of carboxylic acids is 1. The second-order valence-corrected chi connectivity index (χ2v) is 5.71. The van der Waals surface area contributed by atoms with E-state index in [0.29, 0.717) is 12.3 Å². The average molecular weight is 301 g/mol. The largest absolute Gasteiger partial charge is 0.481 e. The molecule has 102 valence electrons. The van der Waals surface area contributed by atoms with E-state index in [4.69, 9.17) is 16.7 Å². The van der Waals surface area contributed by atoms with E-state index in [2.05, 4.69) is 4.98 Å². The number of rotatable bonds is 3. The molecular formula is C12H13ClN2O3S. The highest BCUT2D eigenvalue weighted by Crippen LogP contribution is 2.21. The van der Waals surface area contributed by atoms with Crippen LogP contribution >= 0.6 is 23.4 Å². The van der Waals surface area contributed by atoms with E-state index in [0.717, 1.165) is 5.75 Å². The summed E-state index contributed by atoms with van der Waals surface area (Å²) in [7, 11) is 0. The van der Waals surface area contributed by atoms with Crippen molar-refractivity contribution >= 4 is 35.2 Å². The van der Waals surface area contributed by atoms with Crippen LogP contribution in [0.2, 0.25) is 5.15 Å². The number of pyridine rings is 1. The fourth-order valence-corrected chi connectivity index (χ4v) is 3.19. The van der Waals surface area contributed by atoms with Crippen LogP contribution in [0.5, 0.6) is 0 Å². The number of carbonyl (C=O) groups excluding carboxylic acids is 1. The van der Waals surface area contributed by atoms with E-state index in [1.54, 1.807) is 34.9 Å². The summed E-state index contributed by atoms with van der Waals surface area (Å²) in [4.78, 5) is 28.8. The number of thioether (sulfide) groups is 1. The molecule has 1 fully saturated rings. The lowest BCUT2D eigenvalue weighted by Crippen LogP contribution is -2.47. The minimum Gasteiger partial charge on any atom is -0.481 e. The first-order valence-corrected chi connectivity index (χ1v) is 7.34. The third kappa shape index (κ3) is 3.61. The third-order valence-electron chi connectivity index (χ3n) is 2.83. The molecular weight excluding hydrogens is 288 g/mol. The van der Waals surface area contributed by atoms with Crippen LogP contribution < -0.4 is 0 Å². The Morgan fingerprint density at radius 1 is 1.53 bits per heavy atom. The molecule has 0 spiro atoms. The van der Waals surface area contributed by atoms with Gasteiger partial charge in [-0.1, -0.05) is 17.7 Å². The quantitative estimate of drug-likeness (QED) is 0.862. The summed E-state index contributed by atoms with van der Waals surface area (Å²) in [5.41, 5.74) is 0.259. The van der Waals surface area contributed by atoms with Gasteiger partial charge in [0, 0.05) is 18.1 Å². The van der Waals surface area contributed by atoms with Gasteiger partial charge in [0.1, 0.15) is 10.8 Å². The molecule has 1 aromatic heterocycles. The van der Waals surface area contributed by atoms with Crippen LogP contribution in [0.4, 0.5) is 0 Å². The molecule has 5 nitrogen and oxygen atoms in total. The molecule has 0 aliphatic carbocycles. The van der Waals surface area contributed by atoms with Crippen molar-refractivity contribution < 1.29 is 14.7 Å². The smallest absolute Gasteiger partial charge is 0.305 e. The van der Waals surface area contributed by atoms with Crippen LogP contribution in [0.1, 0.15) is 16.9 Å². The Morgan fingerprint density at radius 2 is 2.32 bits per heavy atom. The molecule has 0 bridgehead atoms. The number of hydrogen-bond acceptors (Lipinski definition) is 4. The van der Waals surface area contributed by atoms with Crippen molar-refractivity contribution in [1.29, 1.82) is 0 Å². The summed E-state index contributed by atoms with van der Waals surface area (Å²) in [5, 5.41) is 9.15. The number of aliphatic carboxylic acids is 1. The van der Waals surface area contributed by atoms with Crippen molar-refractivity contribution in [1.82, 2.24) is 9.88 Å². The van der Waals surface area contributed by atoms with Gasteiger partial charge in [-0.3, -0.25) is 9.59 Å². The van der Waals surface area contributed by atoms with E-state index in [1.165, 1.54) is 0 Å². The van der Waals surface area contributed by atoms with Crippen LogP contribution in [0.15, 0.2) is 18.2 Å². The maximum Gasteiger partial charge on any atom is 0.305 e. The zero-order valence-corrected chi connectivity index (χ0v) is 11.7. The van der Waals surface area contributed by atoms with Crippen molar-refractivity contribution in [2.24, 2.45) is 0 Å². The number of carboxylic acid groups (broad SMARTS) is 1. The van der Waals surface area contributed by atoms with Crippen molar-refractivity contribution in [3.05, 3.63) is 29.0 Å². The van der Waals surface area contributed by atoms with E-state index in [9.17, 15) is 9.59 Å². The second kappa shape index (κ2) is 6.25. The molecule has 1 atom stereocenters. The Hall–Kier alpha value is -1.27. The predicted molar refractivity (Wildman–Crippen MR) is 73.6 cm³/mol. The number of amides is 1. The lowest BCUT2D eigenvalue weighted by molar-refractivity contribution is -0.138. The number of aromatic nitrogens is 1. The van der Waals surface area contributed by atoms with Gasteiger partial charge in [-0.2, -0.15) is 11.8 Å². The summed E-state index contributed by atoms with van der Waals surface area (Å²) in [6.45, 7) is 0.537. The molecule has 1 aliphatic heterocycles. The van der Waals surface area contributed by atoms with Crippen LogP contribution in [0, 0.1) is 0 Å². The summed E-state index contributed by atoms with van der Waals surface area (Å²) >= 11 is 7.43. The SMILES string of the molecule is O=C(O)CC1CSCCN1C(=O)c1cccc(Cl)n1. The normalized spacial score (nSPS) is 19.2. The fraction of sp³-hybridized carbons (Fsp3) is 0.417. The van der Waals surface area contributed by atoms with Gasteiger partial charge in [0.05, 0.1) is 12.5 Å². The van der Waals surface area contributed by atoms with Gasteiger partial charge in [-0.25, -0.2) is 4.98 Å². The average Bonchev–Trinajstić information content (AvgIpc) is 2.38. The highest BCUT2D eigenvalue weighted by atomic mass is 35.5. The monoisotopic (exact) mass is 300 g/mol. The Labute approximate surface area is 120 Å². The molecule has 1 aliphatic rings. The number of carbonyl (C=O) groups is 2. The van der Waals surface area contributed by atoms with Crippen molar-refractivity contribution in [2.75, 3.05) is 18.1 Å². The van der Waals surface area contributed by atoms with Crippen LogP contribution in [-0.4, -0.2) is 51.0 Å². The number of nitrogens with zero attached hydrogens (tertiary/aromatic N) is 2. The molecule has 0 aromatic carbocycles. The van der Waals surface area contributed by atoms with Gasteiger partial charge in [0.15, 0.2) is 0 Å². The van der Waals surface area contributed by atoms with E-state index in [-0.39, 0.29) is 29.2 Å². The molecule has 1 N–H and O–H groups in total. The lowest BCUT2D eigenvalue weighted by atomic mass is 10.1. The molecule has 0 saturated carbocycles. The second-order valence-electron chi connectivity index (χ2n) is 4.17. The summed E-state index contributed by atoms with van der Waals surface area (Å²) in [6, 6.07) is 4.56. The Morgan fingerprint density at radius 3 is 3.00 bits per heavy atom. The molecule has 19 heavy (non-hydrogen) atoms. The molecule has 7 heteroatoms. The first-order chi connectivity index (χ1) is 9.08. The molecule has 2 rings (SSSR count). The molecule has 1 unspecified atom stereocenters. The summed E-state index contributed by atoms with van der Waals surface area (Å²) < 4.78 is 0. The van der Waals surface area contributed by atoms with Crippen molar-refractivity contribution in [3.8, 4) is 0 Å². The molecule has 1 saturated heterocycles. The van der Waals surface area contributed by atoms with Crippen LogP contribution in [-0.2, 0) is 4.79 Å². The van der Waals surface area contributed by atoms with Gasteiger partial charge in [0.2, 0.25) is 0 Å². The topological polar surface area (TPSA) is 70.5 Å². The van der Waals surface area contributed by atoms with E-state index in [1.807, 2.05) is 0 Å². The van der Waals surface area contributed by atoms with Crippen LogP contribution in [0.25, 0.3) is 0 Å². The summed E-state index contributed by atoms with van der Waals surface area (Å²) in [5.74, 6) is 0.291.